The summed E-state index contributed by atoms with van der Waals surface area (Å²) in [4.78, 5) is 27.7. The molecule has 3 rings (SSSR count). The van der Waals surface area contributed by atoms with Crippen molar-refractivity contribution in [1.29, 1.82) is 0 Å². The highest BCUT2D eigenvalue weighted by Crippen LogP contribution is 2.18. The number of halogens is 1. The molecule has 1 unspecified atom stereocenters. The molecule has 1 atom stereocenters. The molecule has 0 spiro atoms. The van der Waals surface area contributed by atoms with E-state index in [2.05, 4.69) is 21.2 Å². The van der Waals surface area contributed by atoms with Crippen molar-refractivity contribution in [1.82, 2.24) is 10.2 Å². The summed E-state index contributed by atoms with van der Waals surface area (Å²) < 4.78 is 6.64. The minimum atomic E-state index is -0.659. The molecule has 6 heteroatoms. The number of nitrogens with zero attached hydrogens (tertiary/aromatic N) is 1. The van der Waals surface area contributed by atoms with Gasteiger partial charge in [0.25, 0.3) is 5.91 Å². The lowest BCUT2D eigenvalue weighted by Gasteiger charge is -2.31. The number of rotatable bonds is 9. The monoisotopic (exact) mass is 480 g/mol. The molecule has 0 saturated carbocycles. The molecule has 5 nitrogen and oxygen atoms in total. The number of nitrogens with one attached hydrogen (secondary N) is 1. The van der Waals surface area contributed by atoms with Crippen molar-refractivity contribution in [2.24, 2.45) is 0 Å². The molecule has 2 amide bonds. The summed E-state index contributed by atoms with van der Waals surface area (Å²) >= 11 is 3.39. The molecule has 3 aromatic rings. The topological polar surface area (TPSA) is 58.6 Å². The van der Waals surface area contributed by atoms with Gasteiger partial charge in [-0.2, -0.15) is 0 Å². The minimum Gasteiger partial charge on any atom is -0.484 e. The van der Waals surface area contributed by atoms with Crippen LogP contribution in [-0.2, 0) is 22.6 Å². The Morgan fingerprint density at radius 1 is 0.903 bits per heavy atom. The van der Waals surface area contributed by atoms with Crippen LogP contribution in [0.5, 0.6) is 5.75 Å². The van der Waals surface area contributed by atoms with Gasteiger partial charge in [-0.3, -0.25) is 9.59 Å². The maximum absolute atomic E-state index is 13.3. The Morgan fingerprint density at radius 3 is 2.06 bits per heavy atom. The highest BCUT2D eigenvalue weighted by atomic mass is 79.9. The Balaban J connectivity index is 1.83. The van der Waals surface area contributed by atoms with E-state index in [0.29, 0.717) is 18.7 Å². The van der Waals surface area contributed by atoms with Crippen LogP contribution < -0.4 is 10.1 Å². The molecule has 0 radical (unpaired) electrons. The highest BCUT2D eigenvalue weighted by molar-refractivity contribution is 9.10. The first-order chi connectivity index (χ1) is 15.1. The Labute approximate surface area is 191 Å². The summed E-state index contributed by atoms with van der Waals surface area (Å²) in [5.41, 5.74) is 1.93. The number of hydrogen-bond acceptors (Lipinski definition) is 3. The van der Waals surface area contributed by atoms with Crippen molar-refractivity contribution in [3.8, 4) is 5.75 Å². The van der Waals surface area contributed by atoms with Gasteiger partial charge in [-0.1, -0.05) is 76.6 Å². The van der Waals surface area contributed by atoms with Crippen LogP contribution in [0.1, 0.15) is 11.1 Å². The number of ether oxygens (including phenoxy) is 1. The summed E-state index contributed by atoms with van der Waals surface area (Å²) in [5, 5.41) is 2.71. The molecule has 0 heterocycles. The second kappa shape index (κ2) is 11.3. The van der Waals surface area contributed by atoms with Crippen LogP contribution in [0.2, 0.25) is 0 Å². The standard InChI is InChI=1S/C25H25BrN2O3/c1-27-25(30)23(16-19-8-4-2-5-9-19)28(17-20-10-6-3-7-11-20)24(29)18-31-22-14-12-21(26)13-15-22/h2-15,23H,16-18H2,1H3,(H,27,30). The fraction of sp³-hybridized carbons (Fsp3) is 0.200. The van der Waals surface area contributed by atoms with E-state index in [4.69, 9.17) is 4.74 Å². The lowest BCUT2D eigenvalue weighted by molar-refractivity contribution is -0.142. The van der Waals surface area contributed by atoms with Crippen LogP contribution >= 0.6 is 15.9 Å². The second-order valence-electron chi connectivity index (χ2n) is 7.07. The van der Waals surface area contributed by atoms with Gasteiger partial charge in [-0.05, 0) is 35.4 Å². The zero-order chi connectivity index (χ0) is 22.1. The molecule has 0 aromatic heterocycles. The molecule has 0 aliphatic rings. The SMILES string of the molecule is CNC(=O)C(Cc1ccccc1)N(Cc1ccccc1)C(=O)COc1ccc(Br)cc1. The maximum atomic E-state index is 13.3. The van der Waals surface area contributed by atoms with Crippen molar-refractivity contribution in [2.75, 3.05) is 13.7 Å². The first-order valence-electron chi connectivity index (χ1n) is 10.0. The molecule has 0 aliphatic heterocycles. The first kappa shape index (κ1) is 22.6. The number of carbonyl (C=O) groups excluding carboxylic acids is 2. The summed E-state index contributed by atoms with van der Waals surface area (Å²) in [6.07, 6.45) is 0.414. The van der Waals surface area contributed by atoms with Gasteiger partial charge in [0.1, 0.15) is 11.8 Å². The zero-order valence-corrected chi connectivity index (χ0v) is 18.9. The molecule has 160 valence electrons. The Bertz CT molecular complexity index is 979. The third-order valence-electron chi connectivity index (χ3n) is 4.89. The van der Waals surface area contributed by atoms with E-state index < -0.39 is 6.04 Å². The van der Waals surface area contributed by atoms with Crippen molar-refractivity contribution in [2.45, 2.75) is 19.0 Å². The number of carbonyl (C=O) groups is 2. The third-order valence-corrected chi connectivity index (χ3v) is 5.42. The Hall–Kier alpha value is -3.12. The van der Waals surface area contributed by atoms with Crippen molar-refractivity contribution >= 4 is 27.7 Å². The number of hydrogen-bond donors (Lipinski definition) is 1. The van der Waals surface area contributed by atoms with E-state index in [9.17, 15) is 9.59 Å². The van der Waals surface area contributed by atoms with E-state index in [-0.39, 0.29) is 18.4 Å². The fourth-order valence-corrected chi connectivity index (χ4v) is 3.52. The zero-order valence-electron chi connectivity index (χ0n) is 17.3. The molecule has 0 fully saturated rings. The molecule has 3 aromatic carbocycles. The van der Waals surface area contributed by atoms with E-state index in [1.165, 1.54) is 0 Å². The van der Waals surface area contributed by atoms with Gasteiger partial charge in [0.2, 0.25) is 5.91 Å². The highest BCUT2D eigenvalue weighted by Gasteiger charge is 2.30. The van der Waals surface area contributed by atoms with E-state index in [1.807, 2.05) is 72.8 Å². The second-order valence-corrected chi connectivity index (χ2v) is 7.99. The number of amides is 2. The van der Waals surface area contributed by atoms with E-state index >= 15 is 0 Å². The predicted octanol–water partition coefficient (Wildman–Crippen LogP) is 4.21. The average molecular weight is 481 g/mol. The van der Waals surface area contributed by atoms with Gasteiger partial charge in [-0.15, -0.1) is 0 Å². The van der Waals surface area contributed by atoms with Crippen LogP contribution in [0.3, 0.4) is 0 Å². The van der Waals surface area contributed by atoms with Gasteiger partial charge in [0.05, 0.1) is 0 Å². The Kier molecular flexibility index (Phi) is 8.24. The van der Waals surface area contributed by atoms with Gasteiger partial charge >= 0.3 is 0 Å². The van der Waals surface area contributed by atoms with E-state index in [1.54, 1.807) is 24.1 Å². The van der Waals surface area contributed by atoms with Crippen molar-refractivity contribution in [3.63, 3.8) is 0 Å². The minimum absolute atomic E-state index is 0.156. The third kappa shape index (κ3) is 6.69. The normalized spacial score (nSPS) is 11.4. The lowest BCUT2D eigenvalue weighted by atomic mass is 10.0. The summed E-state index contributed by atoms with van der Waals surface area (Å²) in [5.74, 6) is 0.129. The molecule has 31 heavy (non-hydrogen) atoms. The fourth-order valence-electron chi connectivity index (χ4n) is 3.26. The predicted molar refractivity (Wildman–Crippen MR) is 125 cm³/mol. The molecular weight excluding hydrogens is 456 g/mol. The molecule has 0 saturated heterocycles. The van der Waals surface area contributed by atoms with E-state index in [0.717, 1.165) is 15.6 Å². The van der Waals surface area contributed by atoms with Gasteiger partial charge in [0, 0.05) is 24.5 Å². The molecular formula is C25H25BrN2O3. The largest absolute Gasteiger partial charge is 0.484 e. The van der Waals surface area contributed by atoms with Gasteiger partial charge in [-0.25, -0.2) is 0 Å². The molecule has 0 bridgehead atoms. The average Bonchev–Trinajstić information content (AvgIpc) is 2.81. The van der Waals surface area contributed by atoms with Crippen molar-refractivity contribution in [3.05, 3.63) is 101 Å². The number of likely N-dealkylation sites (N-methyl/N-ethyl adjacent to an activating group) is 1. The van der Waals surface area contributed by atoms with Crippen LogP contribution in [0.25, 0.3) is 0 Å². The number of benzene rings is 3. The van der Waals surface area contributed by atoms with Gasteiger partial charge < -0.3 is 15.0 Å². The molecule has 0 aliphatic carbocycles. The van der Waals surface area contributed by atoms with Crippen molar-refractivity contribution < 1.29 is 14.3 Å². The van der Waals surface area contributed by atoms with Crippen LogP contribution in [0.4, 0.5) is 0 Å². The van der Waals surface area contributed by atoms with Gasteiger partial charge in [0.15, 0.2) is 6.61 Å². The smallest absolute Gasteiger partial charge is 0.261 e. The Morgan fingerprint density at radius 2 is 1.48 bits per heavy atom. The van der Waals surface area contributed by atoms with Crippen LogP contribution in [0, 0.1) is 0 Å². The quantitative estimate of drug-likeness (QED) is 0.498. The first-order valence-corrected chi connectivity index (χ1v) is 10.8. The molecule has 1 N–H and O–H groups in total. The summed E-state index contributed by atoms with van der Waals surface area (Å²) in [7, 11) is 1.59. The van der Waals surface area contributed by atoms with Crippen LogP contribution in [0.15, 0.2) is 89.4 Å². The maximum Gasteiger partial charge on any atom is 0.261 e. The summed E-state index contributed by atoms with van der Waals surface area (Å²) in [6.45, 7) is 0.158. The van der Waals surface area contributed by atoms with Crippen LogP contribution in [-0.4, -0.2) is 36.4 Å². The lowest BCUT2D eigenvalue weighted by Crippen LogP contribution is -2.51. The summed E-state index contributed by atoms with van der Waals surface area (Å²) in [6, 6.07) is 26.0.